The lowest BCUT2D eigenvalue weighted by Gasteiger charge is -2.30. The van der Waals surface area contributed by atoms with Crippen LogP contribution in [0.2, 0.25) is 0 Å². The molecule has 0 radical (unpaired) electrons. The molecule has 2 fully saturated rings. The summed E-state index contributed by atoms with van der Waals surface area (Å²) >= 11 is 0. The van der Waals surface area contributed by atoms with Gasteiger partial charge in [-0.15, -0.1) is 0 Å². The molecule has 3 atom stereocenters. The number of hydrogen-bond acceptors (Lipinski definition) is 3. The number of amides is 1. The Bertz CT molecular complexity index is 580. The fraction of sp³-hybridized carbons (Fsp3) is 0.650. The first kappa shape index (κ1) is 17.3. The lowest BCUT2D eigenvalue weighted by molar-refractivity contribution is 0.0233. The second kappa shape index (κ2) is 6.40. The van der Waals surface area contributed by atoms with Crippen molar-refractivity contribution in [3.63, 3.8) is 0 Å². The highest BCUT2D eigenvalue weighted by Crippen LogP contribution is 2.51. The Morgan fingerprint density at radius 2 is 2.00 bits per heavy atom. The van der Waals surface area contributed by atoms with Crippen LogP contribution in [0.1, 0.15) is 46.1 Å². The Balaban J connectivity index is 1.83. The third-order valence-electron chi connectivity index (χ3n) is 5.24. The maximum absolute atomic E-state index is 12.5. The zero-order chi connectivity index (χ0) is 17.4. The van der Waals surface area contributed by atoms with Gasteiger partial charge < -0.3 is 14.4 Å². The molecule has 1 aliphatic carbocycles. The van der Waals surface area contributed by atoms with Crippen molar-refractivity contribution in [1.82, 2.24) is 4.90 Å². The number of ether oxygens (including phenoxy) is 2. The molecule has 4 heteroatoms. The summed E-state index contributed by atoms with van der Waals surface area (Å²) in [5.41, 5.74) is 0.865. The Labute approximate surface area is 145 Å². The van der Waals surface area contributed by atoms with Gasteiger partial charge in [0.25, 0.3) is 0 Å². The minimum absolute atomic E-state index is 0.00198. The van der Waals surface area contributed by atoms with E-state index in [0.29, 0.717) is 12.0 Å². The van der Waals surface area contributed by atoms with Gasteiger partial charge in [0.05, 0.1) is 6.10 Å². The van der Waals surface area contributed by atoms with Gasteiger partial charge in [0, 0.05) is 25.1 Å². The molecule has 0 bridgehead atoms. The minimum Gasteiger partial charge on any atom is -0.444 e. The van der Waals surface area contributed by atoms with Gasteiger partial charge in [0.2, 0.25) is 0 Å². The normalized spacial score (nSPS) is 29.6. The molecule has 2 aliphatic rings. The van der Waals surface area contributed by atoms with Crippen molar-refractivity contribution in [3.05, 3.63) is 35.9 Å². The number of carbonyl (C=O) groups excluding carboxylic acids is 1. The summed E-state index contributed by atoms with van der Waals surface area (Å²) in [7, 11) is 0. The molecule has 0 N–H and O–H groups in total. The Morgan fingerprint density at radius 3 is 2.62 bits per heavy atom. The van der Waals surface area contributed by atoms with Gasteiger partial charge in [-0.25, -0.2) is 4.79 Å². The molecule has 1 saturated carbocycles. The smallest absolute Gasteiger partial charge is 0.410 e. The molecule has 1 amide bonds. The lowest BCUT2D eigenvalue weighted by Crippen LogP contribution is -2.38. The van der Waals surface area contributed by atoms with Crippen LogP contribution < -0.4 is 0 Å². The van der Waals surface area contributed by atoms with Gasteiger partial charge in [-0.05, 0) is 52.0 Å². The van der Waals surface area contributed by atoms with Crippen molar-refractivity contribution in [1.29, 1.82) is 0 Å². The van der Waals surface area contributed by atoms with Gasteiger partial charge in [0.15, 0.2) is 0 Å². The number of fused-ring (bicyclic) bond motifs is 1. The van der Waals surface area contributed by atoms with Gasteiger partial charge in [-0.3, -0.25) is 0 Å². The van der Waals surface area contributed by atoms with E-state index in [9.17, 15) is 4.79 Å². The van der Waals surface area contributed by atoms with Crippen LogP contribution in [0.15, 0.2) is 30.3 Å². The highest BCUT2D eigenvalue weighted by atomic mass is 16.6. The summed E-state index contributed by atoms with van der Waals surface area (Å²) in [6, 6.07) is 10.6. The van der Waals surface area contributed by atoms with Crippen LogP contribution >= 0.6 is 0 Å². The summed E-state index contributed by atoms with van der Waals surface area (Å²) in [6.45, 7) is 10.0. The molecule has 1 aromatic carbocycles. The zero-order valence-corrected chi connectivity index (χ0v) is 15.2. The largest absolute Gasteiger partial charge is 0.444 e. The van der Waals surface area contributed by atoms with Crippen molar-refractivity contribution >= 4 is 6.09 Å². The summed E-state index contributed by atoms with van der Waals surface area (Å²) in [5, 5.41) is 0. The highest BCUT2D eigenvalue weighted by molar-refractivity contribution is 5.69. The standard InChI is InChI=1S/C20H29NO3/c1-5-23-17-11-16-13-21(18(22)24-19(2,3)4)14-20(16,12-17)15-9-7-6-8-10-15/h6-10,16-17H,5,11-14H2,1-4H3. The van der Waals surface area contributed by atoms with E-state index >= 15 is 0 Å². The average Bonchev–Trinajstić information content (AvgIpc) is 3.01. The van der Waals surface area contributed by atoms with Crippen LogP contribution in [0.3, 0.4) is 0 Å². The molecule has 1 aliphatic heterocycles. The number of benzene rings is 1. The maximum Gasteiger partial charge on any atom is 0.410 e. The van der Waals surface area contributed by atoms with E-state index in [0.717, 1.165) is 32.5 Å². The molecule has 132 valence electrons. The fourth-order valence-electron chi connectivity index (χ4n) is 4.36. The van der Waals surface area contributed by atoms with Crippen LogP contribution in [0, 0.1) is 5.92 Å². The maximum atomic E-state index is 12.5. The van der Waals surface area contributed by atoms with Gasteiger partial charge >= 0.3 is 6.09 Å². The topological polar surface area (TPSA) is 38.8 Å². The predicted molar refractivity (Wildman–Crippen MR) is 94.1 cm³/mol. The molecule has 3 rings (SSSR count). The van der Waals surface area contributed by atoms with E-state index < -0.39 is 5.60 Å². The molecule has 1 aromatic rings. The molecule has 24 heavy (non-hydrogen) atoms. The van der Waals surface area contributed by atoms with Crippen molar-refractivity contribution in [2.24, 2.45) is 5.92 Å². The Hall–Kier alpha value is -1.55. The third-order valence-corrected chi connectivity index (χ3v) is 5.24. The van der Waals surface area contributed by atoms with Crippen molar-refractivity contribution in [2.45, 2.75) is 57.7 Å². The summed E-state index contributed by atoms with van der Waals surface area (Å²) < 4.78 is 11.5. The molecule has 1 heterocycles. The van der Waals surface area contributed by atoms with Crippen LogP contribution in [0.5, 0.6) is 0 Å². The Kier molecular flexibility index (Phi) is 4.60. The van der Waals surface area contributed by atoms with E-state index in [-0.39, 0.29) is 11.5 Å². The summed E-state index contributed by atoms with van der Waals surface area (Å²) in [6.07, 6.45) is 2.10. The zero-order valence-electron chi connectivity index (χ0n) is 15.2. The second-order valence-electron chi connectivity index (χ2n) is 8.10. The quantitative estimate of drug-likeness (QED) is 0.840. The number of likely N-dealkylation sites (tertiary alicyclic amines) is 1. The van der Waals surface area contributed by atoms with E-state index in [1.54, 1.807) is 0 Å². The van der Waals surface area contributed by atoms with E-state index in [4.69, 9.17) is 9.47 Å². The van der Waals surface area contributed by atoms with Crippen LogP contribution in [0.25, 0.3) is 0 Å². The fourth-order valence-corrected chi connectivity index (χ4v) is 4.36. The van der Waals surface area contributed by atoms with Crippen molar-refractivity contribution < 1.29 is 14.3 Å². The molecular formula is C20H29NO3. The molecule has 1 saturated heterocycles. The van der Waals surface area contributed by atoms with Gasteiger partial charge in [-0.1, -0.05) is 30.3 Å². The number of hydrogen-bond donors (Lipinski definition) is 0. The predicted octanol–water partition coefficient (Wildman–Crippen LogP) is 3.99. The monoisotopic (exact) mass is 331 g/mol. The van der Waals surface area contributed by atoms with E-state index in [2.05, 4.69) is 31.2 Å². The van der Waals surface area contributed by atoms with E-state index in [1.807, 2.05) is 31.7 Å². The minimum atomic E-state index is -0.456. The Morgan fingerprint density at radius 1 is 1.29 bits per heavy atom. The number of nitrogens with zero attached hydrogens (tertiary/aromatic N) is 1. The van der Waals surface area contributed by atoms with Gasteiger partial charge in [-0.2, -0.15) is 0 Å². The van der Waals surface area contributed by atoms with Crippen molar-refractivity contribution in [2.75, 3.05) is 19.7 Å². The highest BCUT2D eigenvalue weighted by Gasteiger charge is 2.55. The summed E-state index contributed by atoms with van der Waals surface area (Å²) in [4.78, 5) is 14.4. The second-order valence-corrected chi connectivity index (χ2v) is 8.10. The molecule has 3 unspecified atom stereocenters. The van der Waals surface area contributed by atoms with Gasteiger partial charge in [0.1, 0.15) is 5.60 Å². The first-order valence-corrected chi connectivity index (χ1v) is 8.99. The van der Waals surface area contributed by atoms with Crippen molar-refractivity contribution in [3.8, 4) is 0 Å². The first-order chi connectivity index (χ1) is 11.3. The van der Waals surface area contributed by atoms with Crippen LogP contribution in [0.4, 0.5) is 4.79 Å². The molecule has 0 aromatic heterocycles. The third kappa shape index (κ3) is 3.30. The number of rotatable bonds is 3. The van der Waals surface area contributed by atoms with E-state index in [1.165, 1.54) is 5.56 Å². The van der Waals surface area contributed by atoms with Crippen LogP contribution in [-0.4, -0.2) is 42.4 Å². The molecule has 0 spiro atoms. The molecular weight excluding hydrogens is 302 g/mol. The van der Waals surface area contributed by atoms with Crippen LogP contribution in [-0.2, 0) is 14.9 Å². The number of carbonyl (C=O) groups is 1. The molecule has 4 nitrogen and oxygen atoms in total. The lowest BCUT2D eigenvalue weighted by atomic mass is 9.74. The first-order valence-electron chi connectivity index (χ1n) is 8.99. The average molecular weight is 331 g/mol. The SMILES string of the molecule is CCOC1CC2CN(C(=O)OC(C)(C)C)CC2(c2ccccc2)C1. The summed E-state index contributed by atoms with van der Waals surface area (Å²) in [5.74, 6) is 0.434.